The van der Waals surface area contributed by atoms with Crippen LogP contribution in [0.3, 0.4) is 0 Å². The van der Waals surface area contributed by atoms with E-state index in [-0.39, 0.29) is 6.54 Å². The van der Waals surface area contributed by atoms with Crippen LogP contribution in [-0.4, -0.2) is 44.8 Å². The molecule has 3 heterocycles. The lowest BCUT2D eigenvalue weighted by Gasteiger charge is -2.37. The van der Waals surface area contributed by atoms with Crippen molar-refractivity contribution in [1.82, 2.24) is 4.31 Å². The summed E-state index contributed by atoms with van der Waals surface area (Å²) < 4.78 is 39.0. The number of sulfonamides is 1. The van der Waals surface area contributed by atoms with E-state index in [0.29, 0.717) is 24.0 Å². The molecule has 0 N–H and O–H groups in total. The lowest BCUT2D eigenvalue weighted by Crippen LogP contribution is -2.50. The first kappa shape index (κ1) is 14.0. The van der Waals surface area contributed by atoms with Crippen LogP contribution in [0.25, 0.3) is 0 Å². The fraction of sp³-hybridized carbons (Fsp3) is 0.636. The lowest BCUT2D eigenvalue weighted by atomic mass is 10.1. The monoisotopic (exact) mass is 367 g/mol. The smallest absolute Gasteiger partial charge is 0.252 e. The zero-order valence-corrected chi connectivity index (χ0v) is 13.4. The van der Waals surface area contributed by atoms with Gasteiger partial charge in [-0.2, -0.15) is 4.31 Å². The molecule has 8 heteroatoms. The molecule has 1 aromatic rings. The summed E-state index contributed by atoms with van der Waals surface area (Å²) in [5.41, 5.74) is 0. The quantitative estimate of drug-likeness (QED) is 0.802. The first-order chi connectivity index (χ1) is 9.02. The molecular weight excluding hydrogens is 354 g/mol. The number of piperidine rings is 1. The van der Waals surface area contributed by atoms with Crippen LogP contribution in [0, 0.1) is 0 Å². The topological polar surface area (TPSA) is 55.8 Å². The van der Waals surface area contributed by atoms with Crippen LogP contribution in [0.1, 0.15) is 12.8 Å². The SMILES string of the molecule is O=S(=O)(c1ccc(Br)s1)N1CCCC2(C1)OCCO2. The summed E-state index contributed by atoms with van der Waals surface area (Å²) in [6, 6.07) is 3.38. The Balaban J connectivity index is 1.85. The molecule has 106 valence electrons. The highest BCUT2D eigenvalue weighted by atomic mass is 79.9. The molecular formula is C11H14BrNO4S2. The average molecular weight is 368 g/mol. The van der Waals surface area contributed by atoms with Gasteiger partial charge in [0.25, 0.3) is 10.0 Å². The molecule has 1 spiro atoms. The minimum Gasteiger partial charge on any atom is -0.346 e. The molecule has 5 nitrogen and oxygen atoms in total. The van der Waals surface area contributed by atoms with Gasteiger partial charge in [-0.05, 0) is 34.5 Å². The van der Waals surface area contributed by atoms with E-state index in [1.54, 1.807) is 12.1 Å². The predicted molar refractivity (Wildman–Crippen MR) is 74.6 cm³/mol. The Bertz CT molecular complexity index is 565. The van der Waals surface area contributed by atoms with Crippen LogP contribution in [0.4, 0.5) is 0 Å². The van der Waals surface area contributed by atoms with Crippen LogP contribution >= 0.6 is 27.3 Å². The third kappa shape index (κ3) is 2.62. The number of rotatable bonds is 2. The van der Waals surface area contributed by atoms with Crippen molar-refractivity contribution in [2.45, 2.75) is 22.8 Å². The largest absolute Gasteiger partial charge is 0.346 e. The molecule has 0 radical (unpaired) electrons. The summed E-state index contributed by atoms with van der Waals surface area (Å²) in [6.07, 6.45) is 1.51. The van der Waals surface area contributed by atoms with Crippen LogP contribution < -0.4 is 0 Å². The van der Waals surface area contributed by atoms with Crippen molar-refractivity contribution in [3.63, 3.8) is 0 Å². The van der Waals surface area contributed by atoms with Gasteiger partial charge >= 0.3 is 0 Å². The van der Waals surface area contributed by atoms with Gasteiger partial charge in [0, 0.05) is 13.0 Å². The fourth-order valence-electron chi connectivity index (χ4n) is 2.45. The number of hydrogen-bond acceptors (Lipinski definition) is 5. The Kier molecular flexibility index (Phi) is 3.74. The normalized spacial score (nSPS) is 24.1. The van der Waals surface area contributed by atoms with Gasteiger partial charge in [-0.3, -0.25) is 0 Å². The van der Waals surface area contributed by atoms with Gasteiger partial charge in [-0.15, -0.1) is 11.3 Å². The Morgan fingerprint density at radius 1 is 1.32 bits per heavy atom. The van der Waals surface area contributed by atoms with E-state index in [2.05, 4.69) is 15.9 Å². The molecule has 0 atom stereocenters. The number of halogens is 1. The lowest BCUT2D eigenvalue weighted by molar-refractivity contribution is -0.179. The van der Waals surface area contributed by atoms with Crippen LogP contribution in [0.2, 0.25) is 0 Å². The van der Waals surface area contributed by atoms with E-state index in [1.165, 1.54) is 15.6 Å². The highest BCUT2D eigenvalue weighted by molar-refractivity contribution is 9.11. The Labute approximate surface area is 124 Å². The van der Waals surface area contributed by atoms with Crippen molar-refractivity contribution in [2.24, 2.45) is 0 Å². The van der Waals surface area contributed by atoms with E-state index >= 15 is 0 Å². The summed E-state index contributed by atoms with van der Waals surface area (Å²) >= 11 is 4.52. The van der Waals surface area contributed by atoms with Crippen molar-refractivity contribution in [3.05, 3.63) is 15.9 Å². The summed E-state index contributed by atoms with van der Waals surface area (Å²) in [4.78, 5) is 0. The van der Waals surface area contributed by atoms with Gasteiger partial charge in [-0.1, -0.05) is 0 Å². The molecule has 0 amide bonds. The predicted octanol–water partition coefficient (Wildman–Crippen LogP) is 2.04. The molecule has 3 rings (SSSR count). The van der Waals surface area contributed by atoms with Crippen molar-refractivity contribution in [3.8, 4) is 0 Å². The number of thiophene rings is 1. The number of ether oxygens (including phenoxy) is 2. The summed E-state index contributed by atoms with van der Waals surface area (Å²) in [5, 5.41) is 0. The number of nitrogens with zero attached hydrogens (tertiary/aromatic N) is 1. The van der Waals surface area contributed by atoms with Gasteiger partial charge in [0.2, 0.25) is 0 Å². The van der Waals surface area contributed by atoms with Crippen LogP contribution in [-0.2, 0) is 19.5 Å². The van der Waals surface area contributed by atoms with Gasteiger partial charge < -0.3 is 9.47 Å². The first-order valence-electron chi connectivity index (χ1n) is 6.05. The third-order valence-corrected chi connectivity index (χ3v) is 7.27. The maximum Gasteiger partial charge on any atom is 0.252 e. The van der Waals surface area contributed by atoms with Gasteiger partial charge in [0.1, 0.15) is 4.21 Å². The molecule has 1 aromatic heterocycles. The molecule has 0 aromatic carbocycles. The summed E-state index contributed by atoms with van der Waals surface area (Å²) in [5.74, 6) is -0.722. The van der Waals surface area contributed by atoms with Crippen molar-refractivity contribution < 1.29 is 17.9 Å². The van der Waals surface area contributed by atoms with Crippen LogP contribution in [0.5, 0.6) is 0 Å². The van der Waals surface area contributed by atoms with Gasteiger partial charge in [-0.25, -0.2) is 8.42 Å². The van der Waals surface area contributed by atoms with E-state index < -0.39 is 15.8 Å². The Morgan fingerprint density at radius 3 is 2.68 bits per heavy atom. The van der Waals surface area contributed by atoms with Crippen molar-refractivity contribution in [1.29, 1.82) is 0 Å². The van der Waals surface area contributed by atoms with Crippen molar-refractivity contribution in [2.75, 3.05) is 26.3 Å². The Hall–Kier alpha value is 0.01000. The van der Waals surface area contributed by atoms with E-state index in [0.717, 1.165) is 16.6 Å². The first-order valence-corrected chi connectivity index (χ1v) is 9.10. The minimum absolute atomic E-state index is 0.283. The molecule has 0 saturated carbocycles. The molecule has 0 bridgehead atoms. The zero-order valence-electron chi connectivity index (χ0n) is 10.2. The molecule has 19 heavy (non-hydrogen) atoms. The maximum atomic E-state index is 12.5. The number of hydrogen-bond donors (Lipinski definition) is 0. The second-order valence-corrected chi connectivity index (χ2v) is 9.24. The highest BCUT2D eigenvalue weighted by Crippen LogP contribution is 2.35. The molecule has 2 fully saturated rings. The third-order valence-electron chi connectivity index (χ3n) is 3.34. The maximum absolute atomic E-state index is 12.5. The highest BCUT2D eigenvalue weighted by Gasteiger charge is 2.44. The second-order valence-electron chi connectivity index (χ2n) is 4.61. The van der Waals surface area contributed by atoms with Crippen molar-refractivity contribution >= 4 is 37.3 Å². The minimum atomic E-state index is -3.44. The summed E-state index contributed by atoms with van der Waals surface area (Å²) in [6.45, 7) is 1.88. The Morgan fingerprint density at radius 2 is 2.05 bits per heavy atom. The van der Waals surface area contributed by atoms with E-state index in [4.69, 9.17) is 9.47 Å². The molecule has 2 aliphatic rings. The van der Waals surface area contributed by atoms with Crippen LogP contribution in [0.15, 0.2) is 20.1 Å². The zero-order chi connectivity index (χ0) is 13.5. The molecule has 2 aliphatic heterocycles. The molecule has 2 saturated heterocycles. The second kappa shape index (κ2) is 5.09. The standard InChI is InChI=1S/C11H14BrNO4S2/c12-9-2-3-10(18-9)19(14,15)13-5-1-4-11(8-13)16-6-7-17-11/h2-3H,1,4-8H2. The van der Waals surface area contributed by atoms with Gasteiger partial charge in [0.05, 0.1) is 23.5 Å². The average Bonchev–Trinajstić information content (AvgIpc) is 3.00. The fourth-order valence-corrected chi connectivity index (χ4v) is 6.13. The summed E-state index contributed by atoms with van der Waals surface area (Å²) in [7, 11) is -3.44. The van der Waals surface area contributed by atoms with Gasteiger partial charge in [0.15, 0.2) is 5.79 Å². The van der Waals surface area contributed by atoms with E-state index in [9.17, 15) is 8.42 Å². The van der Waals surface area contributed by atoms with E-state index in [1.807, 2.05) is 0 Å². The molecule has 0 aliphatic carbocycles. The molecule has 0 unspecified atom stereocenters.